The lowest BCUT2D eigenvalue weighted by Gasteiger charge is -2.17. The van der Waals surface area contributed by atoms with Gasteiger partial charge < -0.3 is 10.2 Å². The number of rotatable bonds is 4. The number of anilines is 2. The summed E-state index contributed by atoms with van der Waals surface area (Å²) in [6, 6.07) is 13.0. The van der Waals surface area contributed by atoms with Crippen LogP contribution in [0.4, 0.5) is 11.8 Å². The van der Waals surface area contributed by atoms with E-state index in [4.69, 9.17) is 9.97 Å². The van der Waals surface area contributed by atoms with E-state index in [0.29, 0.717) is 6.04 Å². The Hall–Kier alpha value is -2.10. The van der Waals surface area contributed by atoms with Gasteiger partial charge in [-0.15, -0.1) is 0 Å². The Kier molecular flexibility index (Phi) is 3.22. The second-order valence-electron chi connectivity index (χ2n) is 5.92. The molecule has 0 radical (unpaired) electrons. The molecule has 0 amide bonds. The molecule has 1 aromatic heterocycles. The van der Waals surface area contributed by atoms with Crippen molar-refractivity contribution in [1.29, 1.82) is 0 Å². The van der Waals surface area contributed by atoms with Gasteiger partial charge >= 0.3 is 0 Å². The zero-order valence-electron chi connectivity index (χ0n) is 12.1. The zero-order chi connectivity index (χ0) is 14.1. The average molecular weight is 280 g/mol. The molecule has 2 aliphatic rings. The van der Waals surface area contributed by atoms with E-state index >= 15 is 0 Å². The molecule has 0 atom stereocenters. The van der Waals surface area contributed by atoms with Crippen LogP contribution in [0.2, 0.25) is 0 Å². The summed E-state index contributed by atoms with van der Waals surface area (Å²) in [5.74, 6) is 1.84. The van der Waals surface area contributed by atoms with Crippen molar-refractivity contribution in [3.63, 3.8) is 0 Å². The van der Waals surface area contributed by atoms with E-state index in [0.717, 1.165) is 36.1 Å². The van der Waals surface area contributed by atoms with Crippen LogP contribution in [0.3, 0.4) is 0 Å². The van der Waals surface area contributed by atoms with Gasteiger partial charge in [0.25, 0.3) is 0 Å². The summed E-state index contributed by atoms with van der Waals surface area (Å²) in [6.45, 7) is 2.14. The SMILES string of the molecule is c1ccc(-c2cc(NC3CC3)nc(N3CCCC3)n2)cc1. The number of hydrogen-bond acceptors (Lipinski definition) is 4. The quantitative estimate of drug-likeness (QED) is 0.932. The van der Waals surface area contributed by atoms with Crippen LogP contribution >= 0.6 is 0 Å². The van der Waals surface area contributed by atoms with E-state index in [1.165, 1.54) is 25.7 Å². The molecule has 4 heteroatoms. The largest absolute Gasteiger partial charge is 0.367 e. The molecule has 1 aliphatic heterocycles. The predicted molar refractivity (Wildman–Crippen MR) is 85.6 cm³/mol. The van der Waals surface area contributed by atoms with Gasteiger partial charge in [0.2, 0.25) is 5.95 Å². The Bertz CT molecular complexity index is 616. The second kappa shape index (κ2) is 5.35. The van der Waals surface area contributed by atoms with Crippen molar-refractivity contribution >= 4 is 11.8 Å². The molecule has 0 bridgehead atoms. The fraction of sp³-hybridized carbons (Fsp3) is 0.412. The van der Waals surface area contributed by atoms with Crippen LogP contribution in [0.5, 0.6) is 0 Å². The normalized spacial score (nSPS) is 18.0. The number of nitrogens with one attached hydrogen (secondary N) is 1. The van der Waals surface area contributed by atoms with Crippen LogP contribution in [0.1, 0.15) is 25.7 Å². The first-order chi connectivity index (χ1) is 10.4. The lowest BCUT2D eigenvalue weighted by molar-refractivity contribution is 0.898. The van der Waals surface area contributed by atoms with Crippen molar-refractivity contribution in [3.05, 3.63) is 36.4 Å². The Morgan fingerprint density at radius 2 is 1.76 bits per heavy atom. The Morgan fingerprint density at radius 3 is 2.48 bits per heavy atom. The topological polar surface area (TPSA) is 41.1 Å². The van der Waals surface area contributed by atoms with Crippen LogP contribution in [0.25, 0.3) is 11.3 Å². The summed E-state index contributed by atoms with van der Waals surface area (Å²) in [6.07, 6.45) is 4.99. The van der Waals surface area contributed by atoms with Crippen LogP contribution < -0.4 is 10.2 Å². The smallest absolute Gasteiger partial charge is 0.227 e. The van der Waals surface area contributed by atoms with Gasteiger partial charge in [0.05, 0.1) is 5.69 Å². The fourth-order valence-electron chi connectivity index (χ4n) is 2.76. The standard InChI is InChI=1S/C17H20N4/c1-2-6-13(7-3-1)15-12-16(18-14-8-9-14)20-17(19-15)21-10-4-5-11-21/h1-3,6-7,12,14H,4-5,8-11H2,(H,18,19,20). The van der Waals surface area contributed by atoms with E-state index in [-0.39, 0.29) is 0 Å². The maximum Gasteiger partial charge on any atom is 0.227 e. The van der Waals surface area contributed by atoms with Crippen molar-refractivity contribution < 1.29 is 0 Å². The van der Waals surface area contributed by atoms with Gasteiger partial charge in [0.15, 0.2) is 0 Å². The van der Waals surface area contributed by atoms with Crippen molar-refractivity contribution in [2.45, 2.75) is 31.7 Å². The van der Waals surface area contributed by atoms with Gasteiger partial charge in [-0.3, -0.25) is 0 Å². The maximum atomic E-state index is 4.79. The van der Waals surface area contributed by atoms with Gasteiger partial charge in [-0.2, -0.15) is 4.98 Å². The van der Waals surface area contributed by atoms with Crippen molar-refractivity contribution in [3.8, 4) is 11.3 Å². The summed E-state index contributed by atoms with van der Waals surface area (Å²) in [7, 11) is 0. The van der Waals surface area contributed by atoms with Gasteiger partial charge in [0, 0.05) is 30.8 Å². The molecule has 1 saturated carbocycles. The molecular weight excluding hydrogens is 260 g/mol. The molecule has 1 aliphatic carbocycles. The van der Waals surface area contributed by atoms with E-state index in [9.17, 15) is 0 Å². The Balaban J connectivity index is 1.72. The maximum absolute atomic E-state index is 4.79. The van der Waals surface area contributed by atoms with E-state index in [1.54, 1.807) is 0 Å². The molecule has 108 valence electrons. The summed E-state index contributed by atoms with van der Waals surface area (Å²) in [5, 5.41) is 3.51. The number of benzene rings is 1. The van der Waals surface area contributed by atoms with Crippen LogP contribution in [-0.2, 0) is 0 Å². The molecule has 2 heterocycles. The van der Waals surface area contributed by atoms with E-state index in [1.807, 2.05) is 6.07 Å². The molecular formula is C17H20N4. The lowest BCUT2D eigenvalue weighted by Crippen LogP contribution is -2.21. The highest BCUT2D eigenvalue weighted by atomic mass is 15.3. The number of aromatic nitrogens is 2. The Morgan fingerprint density at radius 1 is 1.00 bits per heavy atom. The number of nitrogens with zero attached hydrogens (tertiary/aromatic N) is 3. The predicted octanol–water partition coefficient (Wildman–Crippen LogP) is 3.32. The van der Waals surface area contributed by atoms with Crippen LogP contribution in [0, 0.1) is 0 Å². The highest BCUT2D eigenvalue weighted by molar-refractivity contribution is 5.64. The molecule has 4 rings (SSSR count). The first kappa shape index (κ1) is 12.6. The minimum absolute atomic E-state index is 0.606. The molecule has 1 N–H and O–H groups in total. The van der Waals surface area contributed by atoms with Crippen LogP contribution in [0.15, 0.2) is 36.4 Å². The van der Waals surface area contributed by atoms with E-state index in [2.05, 4.69) is 40.5 Å². The minimum atomic E-state index is 0.606. The van der Waals surface area contributed by atoms with Crippen molar-refractivity contribution in [1.82, 2.24) is 9.97 Å². The molecule has 21 heavy (non-hydrogen) atoms. The minimum Gasteiger partial charge on any atom is -0.367 e. The molecule has 2 aromatic rings. The molecule has 0 unspecified atom stereocenters. The van der Waals surface area contributed by atoms with Crippen molar-refractivity contribution in [2.24, 2.45) is 0 Å². The van der Waals surface area contributed by atoms with Gasteiger partial charge in [-0.05, 0) is 25.7 Å². The van der Waals surface area contributed by atoms with E-state index < -0.39 is 0 Å². The highest BCUT2D eigenvalue weighted by Gasteiger charge is 2.23. The molecule has 2 fully saturated rings. The lowest BCUT2D eigenvalue weighted by atomic mass is 10.1. The molecule has 4 nitrogen and oxygen atoms in total. The van der Waals surface area contributed by atoms with Gasteiger partial charge in [0.1, 0.15) is 5.82 Å². The summed E-state index contributed by atoms with van der Waals surface area (Å²) in [5.41, 5.74) is 2.16. The van der Waals surface area contributed by atoms with Gasteiger partial charge in [-0.1, -0.05) is 30.3 Å². The fourth-order valence-corrected chi connectivity index (χ4v) is 2.76. The van der Waals surface area contributed by atoms with Gasteiger partial charge in [-0.25, -0.2) is 4.98 Å². The van der Waals surface area contributed by atoms with Crippen LogP contribution in [-0.4, -0.2) is 29.1 Å². The third kappa shape index (κ3) is 2.84. The summed E-state index contributed by atoms with van der Waals surface area (Å²) < 4.78 is 0. The second-order valence-corrected chi connectivity index (χ2v) is 5.92. The molecule has 1 saturated heterocycles. The average Bonchev–Trinajstić information content (AvgIpc) is 3.17. The third-order valence-electron chi connectivity index (χ3n) is 4.10. The summed E-state index contributed by atoms with van der Waals surface area (Å²) >= 11 is 0. The molecule has 0 spiro atoms. The monoisotopic (exact) mass is 280 g/mol. The highest BCUT2D eigenvalue weighted by Crippen LogP contribution is 2.28. The number of hydrogen-bond donors (Lipinski definition) is 1. The van der Waals surface area contributed by atoms with Crippen molar-refractivity contribution in [2.75, 3.05) is 23.3 Å². The first-order valence-corrected chi connectivity index (χ1v) is 7.84. The summed E-state index contributed by atoms with van der Waals surface area (Å²) in [4.78, 5) is 11.8. The molecule has 1 aromatic carbocycles. The Labute approximate surface area is 125 Å². The third-order valence-corrected chi connectivity index (χ3v) is 4.10. The zero-order valence-corrected chi connectivity index (χ0v) is 12.1. The first-order valence-electron chi connectivity index (χ1n) is 7.84.